The number of amides is 1. The van der Waals surface area contributed by atoms with E-state index in [0.717, 1.165) is 9.90 Å². The number of thiophene rings is 1. The van der Waals surface area contributed by atoms with Crippen LogP contribution in [0.4, 0.5) is 4.79 Å². The standard InChI is InChI=1S/C16H27ClN2O2S/c1-10(2)13(8-18-15(20)21-16(4,5)6)19-11(3)12-7-14(17)22-9-12/h7,9-11,13,19H,8H2,1-6H3,(H,18,20). The van der Waals surface area contributed by atoms with E-state index in [1.54, 1.807) is 0 Å². The van der Waals surface area contributed by atoms with Gasteiger partial charge in [-0.1, -0.05) is 25.4 Å². The minimum absolute atomic E-state index is 0.154. The van der Waals surface area contributed by atoms with E-state index in [9.17, 15) is 4.79 Å². The summed E-state index contributed by atoms with van der Waals surface area (Å²) in [5, 5.41) is 8.43. The van der Waals surface area contributed by atoms with Crippen molar-refractivity contribution >= 4 is 29.0 Å². The van der Waals surface area contributed by atoms with E-state index in [1.807, 2.05) is 26.8 Å². The van der Waals surface area contributed by atoms with E-state index in [-0.39, 0.29) is 18.2 Å². The van der Waals surface area contributed by atoms with Gasteiger partial charge in [0.15, 0.2) is 0 Å². The molecular formula is C16H27ClN2O2S. The van der Waals surface area contributed by atoms with Gasteiger partial charge in [0.1, 0.15) is 5.60 Å². The second-order valence-electron chi connectivity index (χ2n) is 6.81. The Morgan fingerprint density at radius 1 is 1.36 bits per heavy atom. The Morgan fingerprint density at radius 3 is 2.45 bits per heavy atom. The van der Waals surface area contributed by atoms with Crippen molar-refractivity contribution in [3.05, 3.63) is 21.3 Å². The zero-order valence-electron chi connectivity index (χ0n) is 14.2. The van der Waals surface area contributed by atoms with Crippen LogP contribution in [0.1, 0.15) is 53.1 Å². The number of carbonyl (C=O) groups excluding carboxylic acids is 1. The Labute approximate surface area is 142 Å². The highest BCUT2D eigenvalue weighted by atomic mass is 35.5. The molecule has 0 bridgehead atoms. The average molecular weight is 347 g/mol. The number of alkyl carbamates (subject to hydrolysis) is 1. The molecule has 0 aliphatic heterocycles. The van der Waals surface area contributed by atoms with Gasteiger partial charge in [-0.3, -0.25) is 0 Å². The molecule has 2 N–H and O–H groups in total. The van der Waals surface area contributed by atoms with Crippen molar-refractivity contribution in [2.24, 2.45) is 5.92 Å². The van der Waals surface area contributed by atoms with Crippen molar-refractivity contribution in [3.63, 3.8) is 0 Å². The molecule has 22 heavy (non-hydrogen) atoms. The lowest BCUT2D eigenvalue weighted by atomic mass is 10.0. The molecular weight excluding hydrogens is 320 g/mol. The van der Waals surface area contributed by atoms with Crippen LogP contribution >= 0.6 is 22.9 Å². The summed E-state index contributed by atoms with van der Waals surface area (Å²) >= 11 is 7.51. The summed E-state index contributed by atoms with van der Waals surface area (Å²) in [7, 11) is 0. The molecule has 0 saturated carbocycles. The summed E-state index contributed by atoms with van der Waals surface area (Å²) in [5.74, 6) is 0.381. The van der Waals surface area contributed by atoms with Crippen LogP contribution in [0.3, 0.4) is 0 Å². The van der Waals surface area contributed by atoms with Crippen LogP contribution in [0.2, 0.25) is 4.34 Å². The summed E-state index contributed by atoms with van der Waals surface area (Å²) < 4.78 is 6.06. The third-order valence-corrected chi connectivity index (χ3v) is 4.33. The maximum atomic E-state index is 11.8. The first-order chi connectivity index (χ1) is 10.1. The van der Waals surface area contributed by atoms with Crippen LogP contribution in [-0.2, 0) is 4.74 Å². The summed E-state index contributed by atoms with van der Waals surface area (Å²) in [6.45, 7) is 12.4. The van der Waals surface area contributed by atoms with Gasteiger partial charge in [-0.25, -0.2) is 4.79 Å². The first-order valence-corrected chi connectivity index (χ1v) is 8.81. The number of halogens is 1. The fourth-order valence-corrected chi connectivity index (χ4v) is 2.95. The molecule has 0 fully saturated rings. The van der Waals surface area contributed by atoms with Gasteiger partial charge in [-0.05, 0) is 50.6 Å². The number of ether oxygens (including phenoxy) is 1. The molecule has 126 valence electrons. The second-order valence-corrected chi connectivity index (χ2v) is 8.35. The smallest absolute Gasteiger partial charge is 0.407 e. The van der Waals surface area contributed by atoms with E-state index in [4.69, 9.17) is 16.3 Å². The molecule has 6 heteroatoms. The molecule has 1 heterocycles. The van der Waals surface area contributed by atoms with E-state index >= 15 is 0 Å². The van der Waals surface area contributed by atoms with Gasteiger partial charge in [-0.15, -0.1) is 11.3 Å². The Balaban J connectivity index is 2.53. The number of hydrogen-bond acceptors (Lipinski definition) is 4. The predicted molar refractivity (Wildman–Crippen MR) is 93.7 cm³/mol. The van der Waals surface area contributed by atoms with Crippen molar-refractivity contribution in [1.82, 2.24) is 10.6 Å². The van der Waals surface area contributed by atoms with Crippen LogP contribution in [-0.4, -0.2) is 24.3 Å². The predicted octanol–water partition coefficient (Wildman–Crippen LogP) is 4.60. The van der Waals surface area contributed by atoms with Crippen LogP contribution in [0.25, 0.3) is 0 Å². The Morgan fingerprint density at radius 2 is 2.00 bits per heavy atom. The molecule has 0 aliphatic carbocycles. The highest BCUT2D eigenvalue weighted by molar-refractivity contribution is 7.14. The second kappa shape index (κ2) is 8.18. The van der Waals surface area contributed by atoms with Crippen molar-refractivity contribution in [3.8, 4) is 0 Å². The first kappa shape index (κ1) is 19.3. The third kappa shape index (κ3) is 6.99. The van der Waals surface area contributed by atoms with Crippen molar-refractivity contribution < 1.29 is 9.53 Å². The van der Waals surface area contributed by atoms with Crippen LogP contribution in [0, 0.1) is 5.92 Å². The molecule has 0 saturated heterocycles. The molecule has 1 rings (SSSR count). The van der Waals surface area contributed by atoms with Gasteiger partial charge < -0.3 is 15.4 Å². The Kier molecular flexibility index (Phi) is 7.16. The molecule has 1 aromatic heterocycles. The summed E-state index contributed by atoms with van der Waals surface area (Å²) in [5.41, 5.74) is 0.684. The fourth-order valence-electron chi connectivity index (χ4n) is 1.96. The number of hydrogen-bond donors (Lipinski definition) is 2. The van der Waals surface area contributed by atoms with Gasteiger partial charge in [0.2, 0.25) is 0 Å². The minimum Gasteiger partial charge on any atom is -0.444 e. The summed E-state index contributed by atoms with van der Waals surface area (Å²) in [6, 6.07) is 2.31. The van der Waals surface area contributed by atoms with E-state index < -0.39 is 5.60 Å². The molecule has 0 aromatic carbocycles. The van der Waals surface area contributed by atoms with Gasteiger partial charge in [0.05, 0.1) is 4.34 Å². The molecule has 2 atom stereocenters. The van der Waals surface area contributed by atoms with Gasteiger partial charge in [-0.2, -0.15) is 0 Å². The summed E-state index contributed by atoms with van der Waals surface area (Å²) in [6.07, 6.45) is -0.383. The van der Waals surface area contributed by atoms with Gasteiger partial charge >= 0.3 is 6.09 Å². The normalized spacial score (nSPS) is 14.7. The molecule has 0 aliphatic rings. The maximum Gasteiger partial charge on any atom is 0.407 e. The first-order valence-electron chi connectivity index (χ1n) is 7.55. The zero-order chi connectivity index (χ0) is 16.9. The lowest BCUT2D eigenvalue weighted by molar-refractivity contribution is 0.0518. The van der Waals surface area contributed by atoms with Crippen molar-refractivity contribution in [2.75, 3.05) is 6.54 Å². The highest BCUT2D eigenvalue weighted by Crippen LogP contribution is 2.25. The highest BCUT2D eigenvalue weighted by Gasteiger charge is 2.21. The maximum absolute atomic E-state index is 11.8. The lowest BCUT2D eigenvalue weighted by Gasteiger charge is -2.27. The quantitative estimate of drug-likeness (QED) is 0.791. The molecule has 1 aromatic rings. The minimum atomic E-state index is -0.481. The van der Waals surface area contributed by atoms with Crippen LogP contribution < -0.4 is 10.6 Å². The number of nitrogens with one attached hydrogen (secondary N) is 2. The van der Waals surface area contributed by atoms with Gasteiger partial charge in [0.25, 0.3) is 0 Å². The van der Waals surface area contributed by atoms with E-state index in [1.165, 1.54) is 11.3 Å². The zero-order valence-corrected chi connectivity index (χ0v) is 15.8. The fraction of sp³-hybridized carbons (Fsp3) is 0.688. The molecule has 1 amide bonds. The topological polar surface area (TPSA) is 50.4 Å². The van der Waals surface area contributed by atoms with Crippen molar-refractivity contribution in [1.29, 1.82) is 0 Å². The van der Waals surface area contributed by atoms with Crippen molar-refractivity contribution in [2.45, 2.75) is 59.2 Å². The molecule has 0 radical (unpaired) electrons. The monoisotopic (exact) mass is 346 g/mol. The Bertz CT molecular complexity index is 483. The summed E-state index contributed by atoms with van der Waals surface area (Å²) in [4.78, 5) is 11.8. The number of rotatable bonds is 6. The van der Waals surface area contributed by atoms with E-state index in [2.05, 4.69) is 36.8 Å². The average Bonchev–Trinajstić information content (AvgIpc) is 2.78. The molecule has 4 nitrogen and oxygen atoms in total. The Hall–Kier alpha value is -0.780. The molecule has 0 spiro atoms. The number of carbonyl (C=O) groups is 1. The third-order valence-electron chi connectivity index (χ3n) is 3.22. The van der Waals surface area contributed by atoms with Gasteiger partial charge in [0, 0.05) is 18.6 Å². The lowest BCUT2D eigenvalue weighted by Crippen LogP contribution is -2.46. The largest absolute Gasteiger partial charge is 0.444 e. The van der Waals surface area contributed by atoms with E-state index in [0.29, 0.717) is 12.5 Å². The van der Waals surface area contributed by atoms with Crippen LogP contribution in [0.5, 0.6) is 0 Å². The van der Waals surface area contributed by atoms with Crippen LogP contribution in [0.15, 0.2) is 11.4 Å². The molecule has 2 unspecified atom stereocenters. The SMILES string of the molecule is CC(NC(CNC(=O)OC(C)(C)C)C(C)C)c1csc(Cl)c1.